The van der Waals surface area contributed by atoms with Crippen LogP contribution in [0.15, 0.2) is 231 Å². The second-order valence-electron chi connectivity index (χ2n) is 28.7. The van der Waals surface area contributed by atoms with Crippen LogP contribution < -0.4 is 52.3 Å². The molecule has 0 aliphatic carbocycles. The van der Waals surface area contributed by atoms with Crippen LogP contribution in [0.1, 0.15) is 90.8 Å². The van der Waals surface area contributed by atoms with Gasteiger partial charge in [0, 0.05) is 114 Å². The number of H-pyrrole nitrogens is 1. The number of hydrogen-bond acceptors (Lipinski definition) is 35. The Hall–Kier alpha value is -11.4. The van der Waals surface area contributed by atoms with E-state index in [-0.39, 0.29) is 83.8 Å². The standard InChI is InChI=1S/C16H17BrN6O.C15H15BrN6O2.C13H12BrN5O.C13H16BrNO2.C10H11BrO2.C6H5BrO.2C5H13NO2.C4H7ClO.C2H5N5.CH5NO/c1-11(24-13-6-4-12(17)5-7-13)14-8-9-18-16-20-15(21-23(14)16)19-10-22(2)3;1-10(24-12-5-3-11(16)4-6-12)13-7-8-17-15-20-14(21-22(13)15)18-9-19-23-2;1-8(20-10-4-2-9(14)3-5-10)11-6-7-16-13-17-12(15)18-19(11)13;1-10(13(16)8-9-15(2)3)17-12-6-4-11(14)5-7-12;1-7(12)8(2)13-10-5-3-9(11)4-6-10;7-5-1-3-6(8)4-2-5;2*1-6(2)5(7-3)8-4;1-3(5)4(2)6;3-1-5-2(4)7-6-1;1-3-2/h4-11H,1-3H3;3-10H,1-2H3,(H,18,19,21);2-8H,1H3,(H2,15,18);4-10H,1-3H3;3-6,8H,1-2H3;1-4,8H;2*5H,1-4H3;3H,1-2H3;(H5,3,4,5,6,7);2H2,1H3/b;;;9-8+;;;;;;;. The van der Waals surface area contributed by atoms with Crippen molar-refractivity contribution in [3.8, 4) is 34.5 Å². The molecule has 13 aromatic rings. The number of alkyl halides is 1. The molecule has 7 heterocycles. The van der Waals surface area contributed by atoms with Crippen molar-refractivity contribution in [2.24, 2.45) is 15.9 Å². The number of hydrogen-bond donors (Lipinski definition) is 7. The van der Waals surface area contributed by atoms with Crippen molar-refractivity contribution >= 4 is 184 Å². The predicted octanol–water partition coefficient (Wildman–Crippen LogP) is 16.4. The van der Waals surface area contributed by atoms with Gasteiger partial charge < -0.3 is 79.6 Å². The molecule has 7 aromatic heterocycles. The zero-order valence-corrected chi connectivity index (χ0v) is 90.6. The molecule has 6 unspecified atom stereocenters. The molecule has 748 valence electrons. The van der Waals surface area contributed by atoms with E-state index >= 15 is 0 Å². The minimum absolute atomic E-state index is 0.0247. The third kappa shape index (κ3) is 48.3. The first-order valence-electron chi connectivity index (χ1n) is 41.1. The normalized spacial score (nSPS) is 11.9. The fraction of sp³-hybridized carbons (Fsp3) is 0.333. The largest absolute Gasteiger partial charge is 0.508 e. The van der Waals surface area contributed by atoms with E-state index in [9.17, 15) is 14.4 Å². The van der Waals surface area contributed by atoms with Crippen molar-refractivity contribution in [3.63, 3.8) is 0 Å². The van der Waals surface area contributed by atoms with E-state index in [0.717, 1.165) is 61.2 Å². The lowest BCUT2D eigenvalue weighted by molar-refractivity contribution is -0.179. The van der Waals surface area contributed by atoms with Crippen LogP contribution in [0.4, 0.5) is 29.7 Å². The van der Waals surface area contributed by atoms with Gasteiger partial charge in [-0.1, -0.05) is 95.6 Å². The number of phenolic OH excluding ortho intramolecular Hbond substituents is 1. The molecular weight excluding hydrogens is 2200 g/mol. The lowest BCUT2D eigenvalue weighted by Crippen LogP contribution is -2.30. The number of nitrogens with one attached hydrogen (secondary N) is 2. The number of carbonyl (C=O) groups is 3. The van der Waals surface area contributed by atoms with Gasteiger partial charge in [0.05, 0.1) is 43.0 Å². The fourth-order valence-electron chi connectivity index (χ4n) is 9.80. The monoisotopic (exact) mass is 2310 g/mol. The summed E-state index contributed by atoms with van der Waals surface area (Å²) in [6.45, 7) is 14.0. The van der Waals surface area contributed by atoms with Gasteiger partial charge in [-0.05, 0) is 247 Å². The SMILES string of the molecule is CC(=O)C(C)Cl.CC(=O)C(C)Oc1ccc(Br)cc1.CC(Oc1ccc(Br)cc1)C(=O)/C=C/N(C)C.CC(Oc1ccc(Br)cc1)c1ccnc2nc(N)nn12.CC(Oc1ccc(Br)cc1)c1ccnc2nc(N=CN(C)C)nn12.COC(OC)N(C)C.COC(OC)N(C)C.CON.CONC=Nc1nc2nccc(C(C)Oc3ccc(Br)cc3)n2n1.Nc1n[nH]c(N)n1.Oc1ccc(Br)cc1. The number of ketones is 3. The van der Waals surface area contributed by atoms with Gasteiger partial charge in [0.15, 0.2) is 23.8 Å². The van der Waals surface area contributed by atoms with Crippen LogP contribution in [0.5, 0.6) is 34.5 Å². The molecule has 0 radical (unpaired) electrons. The number of anilines is 3. The number of aromatic hydroxyl groups is 1. The maximum atomic E-state index is 11.7. The number of aliphatic imine (C=N–C) groups is 2. The smallest absolute Gasteiger partial charge is 0.272 e. The first-order chi connectivity index (χ1) is 65.5. The summed E-state index contributed by atoms with van der Waals surface area (Å²) >= 11 is 25.4. The Morgan fingerprint density at radius 1 is 0.449 bits per heavy atom. The molecular formula is C90H119Br6ClN26O15. The number of nitrogen functional groups attached to an aromatic ring is 3. The number of phenols is 1. The molecule has 0 aliphatic rings. The van der Waals surface area contributed by atoms with Crippen molar-refractivity contribution in [2.75, 3.05) is 116 Å². The number of nitrogens with two attached hydrogens (primary N) is 4. The van der Waals surface area contributed by atoms with Crippen LogP contribution in [0, 0.1) is 0 Å². The van der Waals surface area contributed by atoms with Crippen LogP contribution in [-0.2, 0) is 43.0 Å². The molecule has 0 saturated carbocycles. The lowest BCUT2D eigenvalue weighted by Gasteiger charge is -2.19. The number of aromatic amines is 1. The van der Waals surface area contributed by atoms with Gasteiger partial charge in [0.25, 0.3) is 29.2 Å². The van der Waals surface area contributed by atoms with Crippen LogP contribution in [0.2, 0.25) is 0 Å². The van der Waals surface area contributed by atoms with Gasteiger partial charge in [0.1, 0.15) is 64.9 Å². The topological polar surface area (TPSA) is 498 Å². The van der Waals surface area contributed by atoms with E-state index in [1.165, 1.54) is 40.5 Å². The van der Waals surface area contributed by atoms with Crippen molar-refractivity contribution in [3.05, 3.63) is 239 Å². The molecule has 0 saturated heterocycles. The number of halogens is 7. The Morgan fingerprint density at radius 2 is 0.768 bits per heavy atom. The quantitative estimate of drug-likeness (QED) is 0.00571. The van der Waals surface area contributed by atoms with Gasteiger partial charge in [-0.3, -0.25) is 34.5 Å². The number of carbonyl (C=O) groups excluding carboxylic acids is 3. The van der Waals surface area contributed by atoms with Crippen LogP contribution in [0.25, 0.3) is 17.3 Å². The number of nitrogens with zero attached hydrogens (tertiary/aromatic N) is 20. The van der Waals surface area contributed by atoms with E-state index in [0.29, 0.717) is 40.5 Å². The van der Waals surface area contributed by atoms with Gasteiger partial charge >= 0.3 is 0 Å². The molecule has 48 heteroatoms. The van der Waals surface area contributed by atoms with E-state index in [1.54, 1.807) is 118 Å². The number of Topliss-reactive ketones (excluding diaryl/α,β-unsaturated/α-hetero) is 2. The average Bonchev–Trinajstić information content (AvgIpc) is 1.66. The number of ether oxygens (including phenoxy) is 9. The van der Waals surface area contributed by atoms with E-state index < -0.39 is 6.10 Å². The molecule has 0 spiro atoms. The molecule has 6 aromatic carbocycles. The second kappa shape index (κ2) is 66.2. The Kier molecular flexibility index (Phi) is 58.0. The number of methoxy groups -OCH3 is 4. The number of benzene rings is 6. The second-order valence-corrected chi connectivity index (χ2v) is 34.8. The average molecular weight is 2320 g/mol. The van der Waals surface area contributed by atoms with E-state index in [2.05, 4.69) is 187 Å². The maximum Gasteiger partial charge on any atom is 0.272 e. The van der Waals surface area contributed by atoms with Crippen molar-refractivity contribution < 1.29 is 71.8 Å². The van der Waals surface area contributed by atoms with Crippen molar-refractivity contribution in [2.45, 2.75) is 104 Å². The summed E-state index contributed by atoms with van der Waals surface area (Å²) < 4.78 is 59.0. The zero-order valence-electron chi connectivity index (χ0n) is 80.3. The highest BCUT2D eigenvalue weighted by atomic mass is 79.9. The Morgan fingerprint density at radius 3 is 1.04 bits per heavy atom. The third-order valence-electron chi connectivity index (χ3n) is 16.5. The van der Waals surface area contributed by atoms with Gasteiger partial charge in [-0.2, -0.15) is 38.5 Å². The maximum absolute atomic E-state index is 11.7. The summed E-state index contributed by atoms with van der Waals surface area (Å²) in [5, 5.41) is 27.1. The number of aromatic nitrogens is 15. The number of fused-ring (bicyclic) bond motifs is 3. The molecule has 6 atom stereocenters. The van der Waals surface area contributed by atoms with Crippen molar-refractivity contribution in [1.29, 1.82) is 0 Å². The highest BCUT2D eigenvalue weighted by Gasteiger charge is 2.20. The number of hydroxylamine groups is 1. The molecule has 0 bridgehead atoms. The van der Waals surface area contributed by atoms with Crippen LogP contribution in [-0.4, -0.2) is 258 Å². The first kappa shape index (κ1) is 121. The lowest BCUT2D eigenvalue weighted by atomic mass is 10.2. The number of rotatable bonds is 29. The zero-order chi connectivity index (χ0) is 103. The van der Waals surface area contributed by atoms with Crippen LogP contribution >= 0.6 is 107 Å². The fourth-order valence-corrected chi connectivity index (χ4v) is 11.4. The Labute approximate surface area is 857 Å². The molecule has 138 heavy (non-hydrogen) atoms. The molecule has 41 nitrogen and oxygen atoms in total. The van der Waals surface area contributed by atoms with Crippen molar-refractivity contribution in [1.82, 2.24) is 99.0 Å². The first-order valence-corrected chi connectivity index (χ1v) is 46.3. The van der Waals surface area contributed by atoms with E-state index in [1.807, 2.05) is 236 Å². The van der Waals surface area contributed by atoms with Crippen LogP contribution in [0.3, 0.4) is 0 Å². The third-order valence-corrected chi connectivity index (χ3v) is 20.0. The Balaban J connectivity index is 0.000000407. The summed E-state index contributed by atoms with van der Waals surface area (Å²) in [6, 6.07) is 50.2. The summed E-state index contributed by atoms with van der Waals surface area (Å²) in [7, 11) is 24.4. The minimum Gasteiger partial charge on any atom is -0.508 e. The van der Waals surface area contributed by atoms with Gasteiger partial charge in [-0.15, -0.1) is 32.0 Å². The molecule has 11 N–H and O–H groups in total. The summed E-state index contributed by atoms with van der Waals surface area (Å²) in [5.41, 5.74) is 20.7. The van der Waals surface area contributed by atoms with Gasteiger partial charge in [0.2, 0.25) is 30.7 Å². The summed E-state index contributed by atoms with van der Waals surface area (Å²) in [6.07, 6.45) is 9.32. The molecule has 0 aliphatic heterocycles. The minimum atomic E-state index is -0.479. The predicted molar refractivity (Wildman–Crippen MR) is 555 cm³/mol. The highest BCUT2D eigenvalue weighted by Crippen LogP contribution is 2.29. The highest BCUT2D eigenvalue weighted by molar-refractivity contribution is 9.11. The molecule has 0 amide bonds. The summed E-state index contributed by atoms with van der Waals surface area (Å²) in [5.74, 6) is 11.0. The summed E-state index contributed by atoms with van der Waals surface area (Å²) in [4.78, 5) is 85.1. The van der Waals surface area contributed by atoms with E-state index in [4.69, 9.17) is 76.5 Å². The Bertz CT molecular complexity index is 5660. The van der Waals surface area contributed by atoms with Gasteiger partial charge in [-0.25, -0.2) is 30.9 Å². The molecule has 0 fully saturated rings. The molecule has 13 rings (SSSR count).